The largest absolute Gasteiger partial charge is 0.511 e. The summed E-state index contributed by atoms with van der Waals surface area (Å²) in [6, 6.07) is 8.25. The van der Waals surface area contributed by atoms with E-state index >= 15 is 0 Å². The zero-order valence-electron chi connectivity index (χ0n) is 16.5. The third-order valence-corrected chi connectivity index (χ3v) is 6.41. The second-order valence-electron chi connectivity index (χ2n) is 6.91. The summed E-state index contributed by atoms with van der Waals surface area (Å²) in [7, 11) is -3.57. The lowest BCUT2D eigenvalue weighted by atomic mass is 9.98. The summed E-state index contributed by atoms with van der Waals surface area (Å²) in [5.74, 6) is 0.716. The van der Waals surface area contributed by atoms with Crippen LogP contribution in [0.25, 0.3) is 0 Å². The first-order chi connectivity index (χ1) is 13.1. The molecule has 0 unspecified atom stereocenters. The number of nitrogens with one attached hydrogen (secondary N) is 2. The van der Waals surface area contributed by atoms with Crippen LogP contribution in [0.3, 0.4) is 0 Å². The molecule has 1 aromatic carbocycles. The van der Waals surface area contributed by atoms with Crippen molar-refractivity contribution in [3.8, 4) is 0 Å². The normalized spacial score (nSPS) is 16.9. The third-order valence-electron chi connectivity index (χ3n) is 4.78. The van der Waals surface area contributed by atoms with Gasteiger partial charge in [0.15, 0.2) is 5.96 Å². The minimum Gasteiger partial charge on any atom is -0.356 e. The summed E-state index contributed by atoms with van der Waals surface area (Å²) in [6.45, 7) is 3.04. The van der Waals surface area contributed by atoms with Crippen molar-refractivity contribution in [1.82, 2.24) is 14.9 Å². The van der Waals surface area contributed by atoms with Gasteiger partial charge in [0.05, 0.1) is 0 Å². The predicted molar refractivity (Wildman–Crippen MR) is 119 cm³/mol. The van der Waals surface area contributed by atoms with Gasteiger partial charge >= 0.3 is 15.5 Å². The van der Waals surface area contributed by atoms with Crippen LogP contribution in [0.4, 0.5) is 13.2 Å². The van der Waals surface area contributed by atoms with E-state index in [4.69, 9.17) is 0 Å². The zero-order chi connectivity index (χ0) is 20.8. The Morgan fingerprint density at radius 3 is 2.45 bits per heavy atom. The molecule has 29 heavy (non-hydrogen) atoms. The Morgan fingerprint density at radius 2 is 1.90 bits per heavy atom. The van der Waals surface area contributed by atoms with Gasteiger partial charge in [-0.15, -0.1) is 24.0 Å². The van der Waals surface area contributed by atoms with Crippen LogP contribution in [-0.4, -0.2) is 57.4 Å². The van der Waals surface area contributed by atoms with Crippen LogP contribution in [0.1, 0.15) is 24.0 Å². The van der Waals surface area contributed by atoms with Gasteiger partial charge < -0.3 is 10.6 Å². The van der Waals surface area contributed by atoms with E-state index in [2.05, 4.69) is 27.8 Å². The Labute approximate surface area is 187 Å². The van der Waals surface area contributed by atoms with Crippen molar-refractivity contribution in [3.63, 3.8) is 0 Å². The fourth-order valence-electron chi connectivity index (χ4n) is 3.15. The molecule has 0 aliphatic carbocycles. The highest BCUT2D eigenvalue weighted by Crippen LogP contribution is 2.30. The van der Waals surface area contributed by atoms with E-state index < -0.39 is 15.5 Å². The second-order valence-corrected chi connectivity index (χ2v) is 8.84. The molecule has 1 heterocycles. The maximum absolute atomic E-state index is 12.6. The van der Waals surface area contributed by atoms with E-state index in [0.717, 1.165) is 6.42 Å². The number of nitrogens with zero attached hydrogens (tertiary/aromatic N) is 2. The smallest absolute Gasteiger partial charge is 0.356 e. The van der Waals surface area contributed by atoms with Crippen LogP contribution >= 0.6 is 24.0 Å². The van der Waals surface area contributed by atoms with Crippen molar-refractivity contribution in [2.24, 2.45) is 10.9 Å². The van der Waals surface area contributed by atoms with Gasteiger partial charge in [0, 0.05) is 33.2 Å². The third kappa shape index (κ3) is 7.59. The van der Waals surface area contributed by atoms with Crippen LogP contribution in [-0.2, 0) is 16.4 Å². The quantitative estimate of drug-likeness (QED) is 0.326. The highest BCUT2D eigenvalue weighted by molar-refractivity contribution is 14.0. The Kier molecular flexibility index (Phi) is 10.2. The van der Waals surface area contributed by atoms with Crippen molar-refractivity contribution in [1.29, 1.82) is 0 Å². The molecule has 1 fully saturated rings. The minimum atomic E-state index is -5.23. The fourth-order valence-corrected chi connectivity index (χ4v) is 4.14. The number of guanidine groups is 1. The topological polar surface area (TPSA) is 73.8 Å². The Morgan fingerprint density at radius 1 is 1.24 bits per heavy atom. The number of hydrogen-bond acceptors (Lipinski definition) is 3. The summed E-state index contributed by atoms with van der Waals surface area (Å²) in [6.07, 6.45) is 1.60. The fraction of sp³-hybridized carbons (Fsp3) is 0.611. The van der Waals surface area contributed by atoms with Crippen molar-refractivity contribution < 1.29 is 21.6 Å². The Bertz CT molecular complexity index is 780. The second kappa shape index (κ2) is 11.3. The highest BCUT2D eigenvalue weighted by atomic mass is 127. The summed E-state index contributed by atoms with van der Waals surface area (Å²) < 4.78 is 61.2. The molecule has 2 rings (SSSR count). The molecule has 11 heteroatoms. The molecule has 0 aromatic heterocycles. The Hall–Kier alpha value is -1.08. The van der Waals surface area contributed by atoms with E-state index in [0.29, 0.717) is 36.2 Å². The maximum atomic E-state index is 12.6. The minimum absolute atomic E-state index is 0. The lowest BCUT2D eigenvalue weighted by Gasteiger charge is -2.31. The SMILES string of the molecule is CN=C(NCCc1cccc(C)c1)NCC1CCN(S(=O)(=O)C(F)(F)F)CC1.I. The lowest BCUT2D eigenvalue weighted by Crippen LogP contribution is -2.47. The Balaban J connectivity index is 0.00000420. The van der Waals surface area contributed by atoms with E-state index in [1.54, 1.807) is 7.05 Å². The molecule has 1 aliphatic rings. The zero-order valence-corrected chi connectivity index (χ0v) is 19.6. The number of sulfonamides is 1. The van der Waals surface area contributed by atoms with Gasteiger partial charge in [0.2, 0.25) is 0 Å². The molecule has 6 nitrogen and oxygen atoms in total. The molecular formula is C18H28F3IN4O2S. The molecule has 2 N–H and O–H groups in total. The average Bonchev–Trinajstić information content (AvgIpc) is 2.64. The number of benzene rings is 1. The first-order valence-corrected chi connectivity index (χ1v) is 10.6. The molecule has 0 amide bonds. The molecular weight excluding hydrogens is 520 g/mol. The summed E-state index contributed by atoms with van der Waals surface area (Å²) in [4.78, 5) is 4.15. The van der Waals surface area contributed by atoms with Crippen LogP contribution in [0.2, 0.25) is 0 Å². The van der Waals surface area contributed by atoms with Gasteiger partial charge in [0.1, 0.15) is 0 Å². The number of alkyl halides is 3. The van der Waals surface area contributed by atoms with Crippen LogP contribution < -0.4 is 10.6 Å². The van der Waals surface area contributed by atoms with Crippen molar-refractivity contribution >= 4 is 40.0 Å². The molecule has 1 saturated heterocycles. The summed E-state index contributed by atoms with van der Waals surface area (Å²) in [5, 5.41) is 6.38. The first kappa shape index (κ1) is 26.0. The van der Waals surface area contributed by atoms with Crippen LogP contribution in [0.15, 0.2) is 29.3 Å². The van der Waals surface area contributed by atoms with E-state index in [1.807, 2.05) is 19.1 Å². The maximum Gasteiger partial charge on any atom is 0.511 e. The number of piperidine rings is 1. The number of aryl methyl sites for hydroxylation is 1. The molecule has 1 aromatic rings. The molecule has 0 radical (unpaired) electrons. The van der Waals surface area contributed by atoms with Crippen molar-refractivity contribution in [2.75, 3.05) is 33.2 Å². The summed E-state index contributed by atoms with van der Waals surface area (Å²) >= 11 is 0. The van der Waals surface area contributed by atoms with Gasteiger partial charge in [-0.05, 0) is 37.7 Å². The van der Waals surface area contributed by atoms with Gasteiger partial charge in [-0.1, -0.05) is 29.8 Å². The molecule has 0 saturated carbocycles. The highest BCUT2D eigenvalue weighted by Gasteiger charge is 2.50. The monoisotopic (exact) mass is 548 g/mol. The van der Waals surface area contributed by atoms with Crippen molar-refractivity contribution in [3.05, 3.63) is 35.4 Å². The first-order valence-electron chi connectivity index (χ1n) is 9.20. The molecule has 0 spiro atoms. The van der Waals surface area contributed by atoms with Crippen LogP contribution in [0.5, 0.6) is 0 Å². The number of aliphatic imine (C=N–C) groups is 1. The number of hydrogen-bond donors (Lipinski definition) is 2. The van der Waals surface area contributed by atoms with Gasteiger partial charge in [-0.25, -0.2) is 8.42 Å². The van der Waals surface area contributed by atoms with Crippen molar-refractivity contribution in [2.45, 2.75) is 31.7 Å². The molecule has 1 aliphatic heterocycles. The molecule has 0 atom stereocenters. The van der Waals surface area contributed by atoms with Crippen LogP contribution in [0, 0.1) is 12.8 Å². The van der Waals surface area contributed by atoms with E-state index in [9.17, 15) is 21.6 Å². The summed E-state index contributed by atoms with van der Waals surface area (Å²) in [5.41, 5.74) is -2.80. The molecule has 0 bridgehead atoms. The van der Waals surface area contributed by atoms with Gasteiger partial charge in [-0.3, -0.25) is 4.99 Å². The van der Waals surface area contributed by atoms with Gasteiger partial charge in [-0.2, -0.15) is 17.5 Å². The number of rotatable bonds is 6. The van der Waals surface area contributed by atoms with E-state index in [1.165, 1.54) is 11.1 Å². The van der Waals surface area contributed by atoms with Gasteiger partial charge in [0.25, 0.3) is 0 Å². The predicted octanol–water partition coefficient (Wildman–Crippen LogP) is 2.88. The molecule has 166 valence electrons. The lowest BCUT2D eigenvalue weighted by molar-refractivity contribution is -0.0496. The average molecular weight is 548 g/mol. The standard InChI is InChI=1S/C18H27F3N4O2S.HI/c1-14-4-3-5-15(12-14)6-9-23-17(22-2)24-13-16-7-10-25(11-8-16)28(26,27)18(19,20)21;/h3-5,12,16H,6-11,13H2,1-2H3,(H2,22,23,24);1H. The number of halogens is 4. The van der Waals surface area contributed by atoms with E-state index in [-0.39, 0.29) is 43.0 Å².